The van der Waals surface area contributed by atoms with Gasteiger partial charge in [0.05, 0.1) is 24.3 Å². The minimum Gasteiger partial charge on any atom is -0.467 e. The highest BCUT2D eigenvalue weighted by atomic mass is 32.2. The second-order valence-electron chi connectivity index (χ2n) is 7.84. The van der Waals surface area contributed by atoms with Gasteiger partial charge in [0.2, 0.25) is 0 Å². The molecule has 3 aromatic heterocycles. The largest absolute Gasteiger partial charge is 0.467 e. The maximum Gasteiger partial charge on any atom is 0.263 e. The molecule has 1 fully saturated rings. The zero-order valence-corrected chi connectivity index (χ0v) is 17.6. The van der Waals surface area contributed by atoms with Gasteiger partial charge >= 0.3 is 0 Å². The van der Waals surface area contributed by atoms with E-state index >= 15 is 0 Å². The van der Waals surface area contributed by atoms with Gasteiger partial charge in [-0.05, 0) is 55.7 Å². The number of fused-ring (bicyclic) bond motifs is 3. The second-order valence-corrected chi connectivity index (χ2v) is 9.91. The summed E-state index contributed by atoms with van der Waals surface area (Å²) in [5.74, 6) is 2.29. The van der Waals surface area contributed by atoms with Gasteiger partial charge in [-0.1, -0.05) is 18.7 Å². The summed E-state index contributed by atoms with van der Waals surface area (Å²) in [4.78, 5) is 20.7. The minimum absolute atomic E-state index is 0.0725. The molecule has 28 heavy (non-hydrogen) atoms. The first-order valence-electron chi connectivity index (χ1n) is 10.0. The molecular weight excluding hydrogens is 392 g/mol. The fourth-order valence-corrected chi connectivity index (χ4v) is 6.64. The number of furan rings is 1. The predicted octanol–water partition coefficient (Wildman–Crippen LogP) is 4.50. The zero-order valence-electron chi connectivity index (χ0n) is 16.0. The Kier molecular flexibility index (Phi) is 5.07. The van der Waals surface area contributed by atoms with Crippen molar-refractivity contribution in [1.29, 1.82) is 0 Å². The molecule has 0 aromatic carbocycles. The van der Waals surface area contributed by atoms with Crippen molar-refractivity contribution in [2.24, 2.45) is 5.92 Å². The van der Waals surface area contributed by atoms with E-state index in [2.05, 4.69) is 6.92 Å². The maximum absolute atomic E-state index is 13.5. The van der Waals surface area contributed by atoms with E-state index in [1.54, 1.807) is 33.9 Å². The van der Waals surface area contributed by atoms with E-state index in [1.807, 2.05) is 12.1 Å². The maximum atomic E-state index is 13.5. The number of hydrogen-bond donors (Lipinski definition) is 0. The summed E-state index contributed by atoms with van der Waals surface area (Å²) in [6, 6.07) is 3.77. The first-order chi connectivity index (χ1) is 13.7. The summed E-state index contributed by atoms with van der Waals surface area (Å²) < 4.78 is 13.1. The topological polar surface area (TPSA) is 57.3 Å². The van der Waals surface area contributed by atoms with Crippen LogP contribution in [0, 0.1) is 5.92 Å². The molecule has 0 bridgehead atoms. The van der Waals surface area contributed by atoms with Crippen molar-refractivity contribution < 1.29 is 9.15 Å². The summed E-state index contributed by atoms with van der Waals surface area (Å²) >= 11 is 3.35. The van der Waals surface area contributed by atoms with E-state index in [1.165, 1.54) is 10.4 Å². The fraction of sp³-hybridized carbons (Fsp3) is 0.524. The van der Waals surface area contributed by atoms with Crippen molar-refractivity contribution in [3.8, 4) is 0 Å². The van der Waals surface area contributed by atoms with Gasteiger partial charge in [0.25, 0.3) is 5.56 Å². The minimum atomic E-state index is 0.0725. The normalized spacial score (nSPS) is 22.0. The summed E-state index contributed by atoms with van der Waals surface area (Å²) in [5, 5.41) is 1.61. The molecule has 4 heterocycles. The van der Waals surface area contributed by atoms with E-state index in [-0.39, 0.29) is 11.7 Å². The molecule has 2 atom stereocenters. The lowest BCUT2D eigenvalue weighted by Gasteiger charge is -2.17. The molecule has 0 spiro atoms. The zero-order chi connectivity index (χ0) is 19.1. The van der Waals surface area contributed by atoms with Crippen LogP contribution in [0.4, 0.5) is 0 Å². The van der Waals surface area contributed by atoms with Crippen LogP contribution in [0.15, 0.2) is 32.8 Å². The van der Waals surface area contributed by atoms with Crippen molar-refractivity contribution in [2.45, 2.75) is 56.8 Å². The van der Waals surface area contributed by atoms with Crippen molar-refractivity contribution in [2.75, 3.05) is 12.4 Å². The highest BCUT2D eigenvalue weighted by Crippen LogP contribution is 2.36. The summed E-state index contributed by atoms with van der Waals surface area (Å²) in [6.45, 7) is 3.55. The Balaban J connectivity index is 1.58. The highest BCUT2D eigenvalue weighted by Gasteiger charge is 2.25. The molecular formula is C21H24N2O3S2. The molecule has 5 nitrogen and oxygen atoms in total. The molecule has 1 aliphatic heterocycles. The number of aryl methyl sites for hydroxylation is 1. The van der Waals surface area contributed by atoms with Crippen LogP contribution in [0.25, 0.3) is 10.2 Å². The molecule has 2 aliphatic rings. The number of nitrogens with zero attached hydrogens (tertiary/aromatic N) is 2. The Morgan fingerprint density at radius 1 is 1.39 bits per heavy atom. The molecule has 148 valence electrons. The highest BCUT2D eigenvalue weighted by molar-refractivity contribution is 7.99. The Morgan fingerprint density at radius 2 is 2.32 bits per heavy atom. The number of hydrogen-bond acceptors (Lipinski definition) is 6. The van der Waals surface area contributed by atoms with Crippen LogP contribution in [0.2, 0.25) is 0 Å². The van der Waals surface area contributed by atoms with E-state index < -0.39 is 0 Å². The molecule has 7 heteroatoms. The number of aromatic nitrogens is 2. The average molecular weight is 417 g/mol. The Hall–Kier alpha value is -1.57. The van der Waals surface area contributed by atoms with Gasteiger partial charge in [-0.25, -0.2) is 4.98 Å². The van der Waals surface area contributed by atoms with Crippen LogP contribution >= 0.6 is 23.1 Å². The molecule has 5 rings (SSSR count). The molecule has 0 N–H and O–H groups in total. The second kappa shape index (κ2) is 7.69. The summed E-state index contributed by atoms with van der Waals surface area (Å²) in [5.41, 5.74) is 1.31. The van der Waals surface area contributed by atoms with Crippen molar-refractivity contribution in [1.82, 2.24) is 9.55 Å². The van der Waals surface area contributed by atoms with Gasteiger partial charge in [0, 0.05) is 17.2 Å². The first-order valence-corrected chi connectivity index (χ1v) is 11.8. The van der Waals surface area contributed by atoms with Gasteiger partial charge in [-0.2, -0.15) is 0 Å². The molecule has 1 aliphatic carbocycles. The third-order valence-electron chi connectivity index (χ3n) is 5.70. The number of thioether (sulfide) groups is 1. The third-order valence-corrected chi connectivity index (χ3v) is 7.95. The van der Waals surface area contributed by atoms with Crippen molar-refractivity contribution in [3.63, 3.8) is 0 Å². The Morgan fingerprint density at radius 3 is 3.11 bits per heavy atom. The van der Waals surface area contributed by atoms with Crippen LogP contribution in [0.3, 0.4) is 0 Å². The van der Waals surface area contributed by atoms with Gasteiger partial charge in [-0.3, -0.25) is 9.36 Å². The van der Waals surface area contributed by atoms with Gasteiger partial charge in [0.1, 0.15) is 10.6 Å². The summed E-state index contributed by atoms with van der Waals surface area (Å²) in [6.07, 6.45) is 7.30. The van der Waals surface area contributed by atoms with Crippen LogP contribution in [-0.2, 0) is 24.1 Å². The SMILES string of the molecule is CC1CCc2c(sc3nc(SCC4CCCO4)n(Cc4ccco4)c(=O)c23)C1. The van der Waals surface area contributed by atoms with Gasteiger partial charge in [0.15, 0.2) is 5.16 Å². The van der Waals surface area contributed by atoms with E-state index in [0.29, 0.717) is 12.5 Å². The van der Waals surface area contributed by atoms with Crippen LogP contribution in [0.1, 0.15) is 42.4 Å². The predicted molar refractivity (Wildman–Crippen MR) is 113 cm³/mol. The fourth-order valence-electron chi connectivity index (χ4n) is 4.16. The van der Waals surface area contributed by atoms with E-state index in [9.17, 15) is 4.79 Å². The lowest BCUT2D eigenvalue weighted by Crippen LogP contribution is -2.25. The monoisotopic (exact) mass is 416 g/mol. The number of rotatable bonds is 5. The Bertz CT molecular complexity index is 1030. The lowest BCUT2D eigenvalue weighted by atomic mass is 9.89. The number of thiophene rings is 1. The molecule has 0 amide bonds. The van der Waals surface area contributed by atoms with E-state index in [0.717, 1.165) is 65.6 Å². The summed E-state index contributed by atoms with van der Waals surface area (Å²) in [7, 11) is 0. The molecule has 2 unspecified atom stereocenters. The molecule has 1 saturated heterocycles. The quantitative estimate of drug-likeness (QED) is 0.453. The standard InChI is InChI=1S/C21H24N2O3S2/c1-13-6-7-16-17(10-13)28-19-18(16)20(24)23(11-14-4-2-8-25-14)21(22-19)27-12-15-5-3-9-26-15/h2,4,8,13,15H,3,5-7,9-12H2,1H3. The van der Waals surface area contributed by atoms with Crippen molar-refractivity contribution in [3.05, 3.63) is 45.0 Å². The Labute approximate surface area is 172 Å². The van der Waals surface area contributed by atoms with E-state index in [4.69, 9.17) is 14.1 Å². The average Bonchev–Trinajstić information content (AvgIpc) is 3.42. The van der Waals surface area contributed by atoms with Crippen molar-refractivity contribution >= 4 is 33.3 Å². The first kappa shape index (κ1) is 18.5. The number of ether oxygens (including phenoxy) is 1. The molecule has 0 saturated carbocycles. The van der Waals surface area contributed by atoms with Crippen LogP contribution in [0.5, 0.6) is 0 Å². The lowest BCUT2D eigenvalue weighted by molar-refractivity contribution is 0.129. The van der Waals surface area contributed by atoms with Crippen LogP contribution < -0.4 is 5.56 Å². The van der Waals surface area contributed by atoms with Crippen LogP contribution in [-0.4, -0.2) is 28.0 Å². The van der Waals surface area contributed by atoms with Gasteiger partial charge < -0.3 is 9.15 Å². The van der Waals surface area contributed by atoms with Gasteiger partial charge in [-0.15, -0.1) is 11.3 Å². The molecule has 3 aromatic rings. The molecule has 0 radical (unpaired) electrons. The third kappa shape index (κ3) is 3.44. The smallest absolute Gasteiger partial charge is 0.263 e.